The van der Waals surface area contributed by atoms with Crippen LogP contribution < -0.4 is 16.4 Å². The van der Waals surface area contributed by atoms with Gasteiger partial charge in [0.2, 0.25) is 5.91 Å². The smallest absolute Gasteiger partial charge is 0.238 e. The Hall–Kier alpha value is -2.60. The zero-order valence-corrected chi connectivity index (χ0v) is 20.9. The Morgan fingerprint density at radius 2 is 1.26 bits per heavy atom. The maximum absolute atomic E-state index is 11.9. The third-order valence-electron chi connectivity index (χ3n) is 5.99. The molecule has 0 bridgehead atoms. The second-order valence-corrected chi connectivity index (χ2v) is 9.81. The van der Waals surface area contributed by atoms with Crippen molar-refractivity contribution >= 4 is 17.7 Å². The number of unbranched alkanes of at least 4 members (excludes halogenated alkanes) is 3. The number of thioether (sulfide) groups is 1. The van der Waals surface area contributed by atoms with Gasteiger partial charge in [0.15, 0.2) is 0 Å². The van der Waals surface area contributed by atoms with Crippen molar-refractivity contribution < 1.29 is 4.79 Å². The molecule has 4 N–H and O–H groups in total. The number of hydrogen-bond donors (Lipinski definition) is 3. The zero-order chi connectivity index (χ0) is 24.1. The first kappa shape index (κ1) is 26.0. The highest BCUT2D eigenvalue weighted by Crippen LogP contribution is 2.48. The van der Waals surface area contributed by atoms with Crippen molar-refractivity contribution in [3.8, 4) is 0 Å². The number of nitrogens with two attached hydrogens (primary N) is 1. The van der Waals surface area contributed by atoms with E-state index in [9.17, 15) is 4.79 Å². The van der Waals surface area contributed by atoms with Gasteiger partial charge in [0, 0.05) is 13.1 Å². The molecule has 1 atom stereocenters. The molecule has 0 unspecified atom stereocenters. The Morgan fingerprint density at radius 1 is 0.794 bits per heavy atom. The predicted molar refractivity (Wildman–Crippen MR) is 145 cm³/mol. The van der Waals surface area contributed by atoms with E-state index in [1.54, 1.807) is 7.05 Å². The maximum Gasteiger partial charge on any atom is 0.238 e. The molecular formula is C29H37N3OS. The van der Waals surface area contributed by atoms with E-state index >= 15 is 0 Å². The molecule has 0 saturated heterocycles. The van der Waals surface area contributed by atoms with Crippen molar-refractivity contribution in [3.05, 3.63) is 108 Å². The van der Waals surface area contributed by atoms with Gasteiger partial charge in [0.1, 0.15) is 0 Å². The molecule has 0 aliphatic rings. The first-order valence-corrected chi connectivity index (χ1v) is 13.2. The molecule has 5 heteroatoms. The van der Waals surface area contributed by atoms with Crippen LogP contribution in [0.4, 0.5) is 0 Å². The Bertz CT molecular complexity index is 870. The Balaban J connectivity index is 1.62. The highest BCUT2D eigenvalue weighted by atomic mass is 32.2. The molecule has 0 aromatic heterocycles. The maximum atomic E-state index is 11.9. The molecule has 34 heavy (non-hydrogen) atoms. The molecule has 0 fully saturated rings. The van der Waals surface area contributed by atoms with Gasteiger partial charge in [0.05, 0.1) is 10.8 Å². The van der Waals surface area contributed by atoms with Crippen LogP contribution >= 0.6 is 11.8 Å². The van der Waals surface area contributed by atoms with Crippen molar-refractivity contribution in [1.29, 1.82) is 0 Å². The minimum absolute atomic E-state index is 0.0803. The van der Waals surface area contributed by atoms with Crippen LogP contribution in [0.5, 0.6) is 0 Å². The molecule has 3 rings (SSSR count). The van der Waals surface area contributed by atoms with E-state index in [2.05, 4.69) is 102 Å². The molecule has 0 spiro atoms. The predicted octanol–water partition coefficient (Wildman–Crippen LogP) is 4.94. The van der Waals surface area contributed by atoms with E-state index in [1.807, 2.05) is 11.8 Å². The molecule has 3 aromatic carbocycles. The first-order valence-electron chi connectivity index (χ1n) is 12.2. The lowest BCUT2D eigenvalue weighted by Crippen LogP contribution is -2.46. The van der Waals surface area contributed by atoms with Crippen LogP contribution in [-0.4, -0.2) is 37.8 Å². The molecule has 0 saturated carbocycles. The number of amides is 1. The van der Waals surface area contributed by atoms with Crippen LogP contribution in [-0.2, 0) is 9.54 Å². The number of likely N-dealkylation sites (N-methyl/N-ethyl adjacent to an activating group) is 1. The third kappa shape index (κ3) is 6.95. The Kier molecular flexibility index (Phi) is 10.7. The lowest BCUT2D eigenvalue weighted by Gasteiger charge is -2.35. The fourth-order valence-electron chi connectivity index (χ4n) is 4.23. The van der Waals surface area contributed by atoms with Gasteiger partial charge in [-0.3, -0.25) is 4.79 Å². The summed E-state index contributed by atoms with van der Waals surface area (Å²) in [6, 6.07) is 32.0. The molecule has 1 amide bonds. The topological polar surface area (TPSA) is 67.1 Å². The van der Waals surface area contributed by atoms with Crippen LogP contribution in [0.1, 0.15) is 42.4 Å². The number of carbonyl (C=O) groups is 1. The summed E-state index contributed by atoms with van der Waals surface area (Å²) in [5.41, 5.74) is 9.73. The summed E-state index contributed by atoms with van der Waals surface area (Å²) < 4.78 is -0.249. The minimum atomic E-state index is -0.483. The molecule has 180 valence electrons. The normalized spacial score (nSPS) is 12.3. The SMILES string of the molecule is CNC[C@H](N)C(=O)NCCCCCCSC(c1ccccc1)(c1ccccc1)c1ccccc1. The molecule has 0 radical (unpaired) electrons. The lowest BCUT2D eigenvalue weighted by molar-refractivity contribution is -0.122. The van der Waals surface area contributed by atoms with Crippen LogP contribution in [0.3, 0.4) is 0 Å². The summed E-state index contributed by atoms with van der Waals surface area (Å²) >= 11 is 2.01. The molecule has 0 aliphatic carbocycles. The number of carbonyl (C=O) groups excluding carboxylic acids is 1. The standard InChI is InChI=1S/C29H37N3OS/c1-31-23-27(30)28(33)32-21-13-2-3-14-22-34-29(24-15-7-4-8-16-24,25-17-9-5-10-18-25)26-19-11-6-12-20-26/h4-12,15-20,27,31H,2-3,13-14,21-23,30H2,1H3,(H,32,33)/t27-/m0/s1. The lowest BCUT2D eigenvalue weighted by atomic mass is 9.84. The Labute approximate surface area is 208 Å². The molecule has 3 aromatic rings. The van der Waals surface area contributed by atoms with E-state index < -0.39 is 6.04 Å². The van der Waals surface area contributed by atoms with Crippen molar-refractivity contribution in [2.75, 3.05) is 25.9 Å². The summed E-state index contributed by atoms with van der Waals surface area (Å²) in [4.78, 5) is 11.9. The van der Waals surface area contributed by atoms with Gasteiger partial charge in [-0.2, -0.15) is 0 Å². The summed E-state index contributed by atoms with van der Waals surface area (Å²) in [5.74, 6) is 0.973. The van der Waals surface area contributed by atoms with Crippen molar-refractivity contribution in [2.45, 2.75) is 36.5 Å². The largest absolute Gasteiger partial charge is 0.355 e. The van der Waals surface area contributed by atoms with Crippen molar-refractivity contribution in [2.24, 2.45) is 5.73 Å². The van der Waals surface area contributed by atoms with Crippen LogP contribution in [0.15, 0.2) is 91.0 Å². The fraction of sp³-hybridized carbons (Fsp3) is 0.345. The van der Waals surface area contributed by atoms with E-state index in [0.29, 0.717) is 13.1 Å². The van der Waals surface area contributed by atoms with Gasteiger partial charge in [-0.25, -0.2) is 0 Å². The molecular weight excluding hydrogens is 438 g/mol. The zero-order valence-electron chi connectivity index (χ0n) is 20.1. The number of rotatable bonds is 14. The number of benzene rings is 3. The van der Waals surface area contributed by atoms with E-state index in [0.717, 1.165) is 31.4 Å². The van der Waals surface area contributed by atoms with Crippen LogP contribution in [0, 0.1) is 0 Å². The number of nitrogens with one attached hydrogen (secondary N) is 2. The minimum Gasteiger partial charge on any atom is -0.355 e. The van der Waals surface area contributed by atoms with Gasteiger partial charge in [-0.1, -0.05) is 104 Å². The average Bonchev–Trinajstić information content (AvgIpc) is 2.89. The van der Waals surface area contributed by atoms with Crippen LogP contribution in [0.25, 0.3) is 0 Å². The summed E-state index contributed by atoms with van der Waals surface area (Å²) in [7, 11) is 1.80. The highest BCUT2D eigenvalue weighted by molar-refractivity contribution is 8.00. The second-order valence-electron chi connectivity index (χ2n) is 8.50. The number of hydrogen-bond acceptors (Lipinski definition) is 4. The highest BCUT2D eigenvalue weighted by Gasteiger charge is 2.36. The van der Waals surface area contributed by atoms with Crippen molar-refractivity contribution in [3.63, 3.8) is 0 Å². The fourth-order valence-corrected chi connectivity index (χ4v) is 5.79. The van der Waals surface area contributed by atoms with E-state index in [4.69, 9.17) is 5.73 Å². The molecule has 4 nitrogen and oxygen atoms in total. The molecule has 0 aliphatic heterocycles. The van der Waals surface area contributed by atoms with Crippen molar-refractivity contribution in [1.82, 2.24) is 10.6 Å². The third-order valence-corrected chi connectivity index (χ3v) is 7.62. The quantitative estimate of drug-likeness (QED) is 0.228. The van der Waals surface area contributed by atoms with Gasteiger partial charge in [-0.05, 0) is 42.3 Å². The van der Waals surface area contributed by atoms with Gasteiger partial charge < -0.3 is 16.4 Å². The van der Waals surface area contributed by atoms with Crippen LogP contribution in [0.2, 0.25) is 0 Å². The summed E-state index contributed by atoms with van der Waals surface area (Å²) in [5, 5.41) is 5.87. The van der Waals surface area contributed by atoms with Gasteiger partial charge in [-0.15, -0.1) is 11.8 Å². The van der Waals surface area contributed by atoms with Gasteiger partial charge >= 0.3 is 0 Å². The average molecular weight is 476 g/mol. The molecule has 0 heterocycles. The Morgan fingerprint density at radius 3 is 1.74 bits per heavy atom. The summed E-state index contributed by atoms with van der Waals surface area (Å²) in [6.07, 6.45) is 4.34. The summed E-state index contributed by atoms with van der Waals surface area (Å²) in [6.45, 7) is 1.18. The first-order chi connectivity index (χ1) is 16.7. The van der Waals surface area contributed by atoms with E-state index in [-0.39, 0.29) is 10.7 Å². The van der Waals surface area contributed by atoms with Gasteiger partial charge in [0.25, 0.3) is 0 Å². The second kappa shape index (κ2) is 14.0. The monoisotopic (exact) mass is 475 g/mol. The van der Waals surface area contributed by atoms with E-state index in [1.165, 1.54) is 16.7 Å².